The normalized spacial score (nSPS) is 15.0. The van der Waals surface area contributed by atoms with E-state index in [1.54, 1.807) is 36.4 Å². The maximum Gasteiger partial charge on any atom is 0.261 e. The molecule has 0 radical (unpaired) electrons. The Bertz CT molecular complexity index is 776. The molecule has 0 atom stereocenters. The van der Waals surface area contributed by atoms with Crippen molar-refractivity contribution in [1.82, 2.24) is 5.32 Å². The van der Waals surface area contributed by atoms with Crippen molar-refractivity contribution in [2.45, 2.75) is 24.3 Å². The second-order valence-electron chi connectivity index (χ2n) is 5.29. The average Bonchev–Trinajstić information content (AvgIpc) is 2.73. The van der Waals surface area contributed by atoms with Crippen LogP contribution in [0.2, 0.25) is 5.02 Å². The maximum absolute atomic E-state index is 12.4. The molecule has 22 heavy (non-hydrogen) atoms. The van der Waals surface area contributed by atoms with Crippen LogP contribution in [0.5, 0.6) is 0 Å². The number of hydrogen-bond acceptors (Lipinski definition) is 3. The smallest absolute Gasteiger partial charge is 0.261 e. The zero-order chi connectivity index (χ0) is 15.6. The van der Waals surface area contributed by atoms with Crippen LogP contribution in [0.1, 0.15) is 17.5 Å². The van der Waals surface area contributed by atoms with Gasteiger partial charge in [0.2, 0.25) is 0 Å². The Kier molecular flexibility index (Phi) is 4.38. The molecule has 0 aromatic heterocycles. The van der Waals surface area contributed by atoms with Crippen LogP contribution < -0.4 is 10.0 Å². The van der Waals surface area contributed by atoms with Gasteiger partial charge in [0.05, 0.1) is 10.6 Å². The lowest BCUT2D eigenvalue weighted by Crippen LogP contribution is -2.14. The average molecular weight is 337 g/mol. The minimum atomic E-state index is -3.59. The molecular weight excluding hydrogens is 320 g/mol. The molecule has 3 rings (SSSR count). The largest absolute Gasteiger partial charge is 0.313 e. The quantitative estimate of drug-likeness (QED) is 0.905. The topological polar surface area (TPSA) is 58.2 Å². The van der Waals surface area contributed by atoms with Gasteiger partial charge in [0.25, 0.3) is 10.0 Å². The summed E-state index contributed by atoms with van der Waals surface area (Å²) in [6.07, 6.45) is 1.90. The van der Waals surface area contributed by atoms with Crippen molar-refractivity contribution in [3.63, 3.8) is 0 Å². The van der Waals surface area contributed by atoms with E-state index in [1.165, 1.54) is 0 Å². The third-order valence-corrected chi connectivity index (χ3v) is 5.43. The van der Waals surface area contributed by atoms with E-state index in [0.717, 1.165) is 37.1 Å². The molecule has 1 aliphatic heterocycles. The molecule has 2 aromatic carbocycles. The number of aryl methyl sites for hydroxylation is 1. The fraction of sp³-hybridized carbons (Fsp3) is 0.250. The zero-order valence-electron chi connectivity index (χ0n) is 12.0. The van der Waals surface area contributed by atoms with Crippen LogP contribution in [0.15, 0.2) is 47.4 Å². The summed E-state index contributed by atoms with van der Waals surface area (Å²) in [5.74, 6) is 0. The van der Waals surface area contributed by atoms with Gasteiger partial charge in [-0.2, -0.15) is 0 Å². The highest BCUT2D eigenvalue weighted by Crippen LogP contribution is 2.29. The monoisotopic (exact) mass is 336 g/mol. The first kappa shape index (κ1) is 15.3. The van der Waals surface area contributed by atoms with Crippen molar-refractivity contribution in [2.24, 2.45) is 0 Å². The Morgan fingerprint density at radius 3 is 2.68 bits per heavy atom. The molecule has 6 heteroatoms. The van der Waals surface area contributed by atoms with Crippen LogP contribution >= 0.6 is 11.6 Å². The van der Waals surface area contributed by atoms with Gasteiger partial charge in [0.1, 0.15) is 0 Å². The summed E-state index contributed by atoms with van der Waals surface area (Å²) in [4.78, 5) is 0.239. The SMILES string of the molecule is O=S(=O)(Nc1cc(Cl)c2c(c1)CCCNC2)c1ccccc1. The number of nitrogens with one attached hydrogen (secondary N) is 2. The fourth-order valence-electron chi connectivity index (χ4n) is 2.60. The highest BCUT2D eigenvalue weighted by atomic mass is 35.5. The van der Waals surface area contributed by atoms with E-state index in [4.69, 9.17) is 11.6 Å². The van der Waals surface area contributed by atoms with E-state index in [0.29, 0.717) is 10.7 Å². The number of fused-ring (bicyclic) bond motifs is 1. The Hall–Kier alpha value is -1.56. The van der Waals surface area contributed by atoms with E-state index >= 15 is 0 Å². The van der Waals surface area contributed by atoms with Gasteiger partial charge in [-0.25, -0.2) is 8.42 Å². The molecule has 0 saturated heterocycles. The van der Waals surface area contributed by atoms with Crippen LogP contribution in [0.25, 0.3) is 0 Å². The Morgan fingerprint density at radius 2 is 1.91 bits per heavy atom. The van der Waals surface area contributed by atoms with Crippen LogP contribution in [-0.2, 0) is 23.0 Å². The lowest BCUT2D eigenvalue weighted by Gasteiger charge is -2.13. The first-order chi connectivity index (χ1) is 10.6. The predicted molar refractivity (Wildman–Crippen MR) is 88.7 cm³/mol. The third kappa shape index (κ3) is 3.27. The summed E-state index contributed by atoms with van der Waals surface area (Å²) in [6, 6.07) is 11.9. The molecule has 0 fully saturated rings. The number of anilines is 1. The summed E-state index contributed by atoms with van der Waals surface area (Å²) >= 11 is 6.32. The van der Waals surface area contributed by atoms with E-state index in [-0.39, 0.29) is 4.90 Å². The van der Waals surface area contributed by atoms with Crippen molar-refractivity contribution in [2.75, 3.05) is 11.3 Å². The molecule has 2 aromatic rings. The lowest BCUT2D eigenvalue weighted by molar-refractivity contribution is 0.601. The minimum absolute atomic E-state index is 0.239. The molecule has 0 amide bonds. The Morgan fingerprint density at radius 1 is 1.14 bits per heavy atom. The molecule has 4 nitrogen and oxygen atoms in total. The molecule has 116 valence electrons. The van der Waals surface area contributed by atoms with E-state index in [1.807, 2.05) is 6.07 Å². The molecule has 0 aliphatic carbocycles. The molecule has 0 saturated carbocycles. The van der Waals surface area contributed by atoms with Crippen LogP contribution in [0, 0.1) is 0 Å². The second-order valence-corrected chi connectivity index (χ2v) is 7.38. The van der Waals surface area contributed by atoms with Crippen molar-refractivity contribution in [3.05, 3.63) is 58.6 Å². The van der Waals surface area contributed by atoms with Crippen molar-refractivity contribution < 1.29 is 8.42 Å². The molecule has 1 heterocycles. The van der Waals surface area contributed by atoms with Gasteiger partial charge in [-0.05, 0) is 54.8 Å². The van der Waals surface area contributed by atoms with Gasteiger partial charge >= 0.3 is 0 Å². The number of halogens is 1. The van der Waals surface area contributed by atoms with Gasteiger partial charge in [0.15, 0.2) is 0 Å². The number of hydrogen-bond donors (Lipinski definition) is 2. The lowest BCUT2D eigenvalue weighted by atomic mass is 10.0. The summed E-state index contributed by atoms with van der Waals surface area (Å²) in [6.45, 7) is 1.66. The minimum Gasteiger partial charge on any atom is -0.313 e. The molecule has 0 bridgehead atoms. The summed E-state index contributed by atoms with van der Waals surface area (Å²) in [5.41, 5.74) is 2.67. The first-order valence-corrected chi connectivity index (χ1v) is 9.02. The van der Waals surface area contributed by atoms with Crippen LogP contribution in [-0.4, -0.2) is 15.0 Å². The predicted octanol–water partition coefficient (Wildman–Crippen LogP) is 3.18. The highest BCUT2D eigenvalue weighted by molar-refractivity contribution is 7.92. The number of benzene rings is 2. The van der Waals surface area contributed by atoms with E-state index < -0.39 is 10.0 Å². The fourth-order valence-corrected chi connectivity index (χ4v) is 3.97. The van der Waals surface area contributed by atoms with Gasteiger partial charge in [0, 0.05) is 11.6 Å². The second kappa shape index (κ2) is 6.28. The number of sulfonamides is 1. The Labute approximate surface area is 135 Å². The van der Waals surface area contributed by atoms with Crippen molar-refractivity contribution in [3.8, 4) is 0 Å². The number of rotatable bonds is 3. The maximum atomic E-state index is 12.4. The van der Waals surface area contributed by atoms with Gasteiger partial charge < -0.3 is 5.32 Å². The zero-order valence-corrected chi connectivity index (χ0v) is 13.5. The van der Waals surface area contributed by atoms with Gasteiger partial charge in [-0.3, -0.25) is 4.72 Å². The van der Waals surface area contributed by atoms with Crippen molar-refractivity contribution in [1.29, 1.82) is 0 Å². The standard InChI is InChI=1S/C16H17ClN2O2S/c17-16-10-13(9-12-5-4-8-18-11-15(12)16)19-22(20,21)14-6-2-1-3-7-14/h1-3,6-7,9-10,18-19H,4-5,8,11H2. The highest BCUT2D eigenvalue weighted by Gasteiger charge is 2.17. The molecule has 0 spiro atoms. The summed E-state index contributed by atoms with van der Waals surface area (Å²) in [7, 11) is -3.59. The molecule has 1 aliphatic rings. The van der Waals surface area contributed by atoms with Gasteiger partial charge in [-0.1, -0.05) is 29.8 Å². The van der Waals surface area contributed by atoms with Crippen LogP contribution in [0.3, 0.4) is 0 Å². The van der Waals surface area contributed by atoms with E-state index in [9.17, 15) is 8.42 Å². The van der Waals surface area contributed by atoms with E-state index in [2.05, 4.69) is 10.0 Å². The first-order valence-electron chi connectivity index (χ1n) is 7.16. The molecule has 0 unspecified atom stereocenters. The summed E-state index contributed by atoms with van der Waals surface area (Å²) in [5, 5.41) is 3.91. The van der Waals surface area contributed by atoms with Gasteiger partial charge in [-0.15, -0.1) is 0 Å². The summed E-state index contributed by atoms with van der Waals surface area (Å²) < 4.78 is 27.4. The third-order valence-electron chi connectivity index (χ3n) is 3.70. The van der Waals surface area contributed by atoms with Crippen LogP contribution in [0.4, 0.5) is 5.69 Å². The molecule has 2 N–H and O–H groups in total. The van der Waals surface area contributed by atoms with Crippen molar-refractivity contribution >= 4 is 27.3 Å². The Balaban J connectivity index is 1.93. The molecular formula is C16H17ClN2O2S.